The maximum absolute atomic E-state index is 5.60. The fraction of sp³-hybridized carbons (Fsp3) is 0.909. The van der Waals surface area contributed by atoms with E-state index < -0.39 is 0 Å². The third kappa shape index (κ3) is 2.33. The van der Waals surface area contributed by atoms with Crippen molar-refractivity contribution < 1.29 is 56.1 Å². The van der Waals surface area contributed by atoms with Gasteiger partial charge in [0.25, 0.3) is 0 Å². The van der Waals surface area contributed by atoms with E-state index in [9.17, 15) is 0 Å². The van der Waals surface area contributed by atoms with Gasteiger partial charge in [0.15, 0.2) is 0 Å². The van der Waals surface area contributed by atoms with Gasteiger partial charge in [0.05, 0.1) is 6.10 Å². The molecule has 0 radical (unpaired) electrons. The topological polar surface area (TPSA) is 9.23 Å². The summed E-state index contributed by atoms with van der Waals surface area (Å²) in [5.74, 6) is 3.69. The molecule has 15 heavy (non-hydrogen) atoms. The molecule has 0 saturated heterocycles. The summed E-state index contributed by atoms with van der Waals surface area (Å²) in [5.41, 5.74) is 0. The number of rotatable bonds is 1. The van der Waals surface area contributed by atoms with Gasteiger partial charge in [0.2, 0.25) is 0 Å². The zero-order chi connectivity index (χ0) is 9.71. The van der Waals surface area contributed by atoms with E-state index in [0.29, 0.717) is 10.5 Å². The second-order valence-electron chi connectivity index (χ2n) is 5.06. The van der Waals surface area contributed by atoms with E-state index in [0.717, 1.165) is 23.7 Å². The Kier molecular flexibility index (Phi) is 4.54. The molecule has 0 heterocycles. The molecule has 5 atom stereocenters. The van der Waals surface area contributed by atoms with Crippen LogP contribution in [0.2, 0.25) is 0 Å². The van der Waals surface area contributed by atoms with Crippen molar-refractivity contribution in [2.24, 2.45) is 23.7 Å². The third-order valence-corrected chi connectivity index (χ3v) is 4.81. The summed E-state index contributed by atoms with van der Waals surface area (Å²) in [6, 6.07) is 0. The smallest absolute Gasteiger partial charge is 0.510 e. The number of hydrogen-bond acceptors (Lipinski definition) is 3. The minimum atomic E-state index is 0. The zero-order valence-electron chi connectivity index (χ0n) is 9.15. The molecule has 3 rings (SSSR count). The molecule has 3 aliphatic carbocycles. The second-order valence-corrected chi connectivity index (χ2v) is 6.06. The number of ether oxygens (including phenoxy) is 1. The average molecular weight is 266 g/mol. The molecule has 0 aromatic heterocycles. The van der Waals surface area contributed by atoms with Crippen LogP contribution in [0.15, 0.2) is 0 Å². The van der Waals surface area contributed by atoms with Gasteiger partial charge in [0.1, 0.15) is 0 Å². The van der Waals surface area contributed by atoms with Crippen molar-refractivity contribution in [3.8, 4) is 0 Å². The van der Waals surface area contributed by atoms with Gasteiger partial charge in [-0.25, -0.2) is 0 Å². The van der Waals surface area contributed by atoms with Crippen LogP contribution in [0.1, 0.15) is 32.1 Å². The van der Waals surface area contributed by atoms with Crippen molar-refractivity contribution in [1.29, 1.82) is 0 Å². The Morgan fingerprint density at radius 1 is 1.13 bits per heavy atom. The Balaban J connectivity index is 0.000000853. The minimum absolute atomic E-state index is 0. The maximum atomic E-state index is 5.60. The number of thiocarbonyl (C=S) groups is 1. The third-order valence-electron chi connectivity index (χ3n) is 4.62. The molecule has 0 aliphatic heterocycles. The van der Waals surface area contributed by atoms with E-state index in [1.54, 1.807) is 0 Å². The molecular weight excluding hydrogens is 251 g/mol. The van der Waals surface area contributed by atoms with Crippen LogP contribution in [0.3, 0.4) is 0 Å². The van der Waals surface area contributed by atoms with Crippen molar-refractivity contribution in [1.82, 2.24) is 0 Å². The molecule has 4 heteroatoms. The van der Waals surface area contributed by atoms with Crippen molar-refractivity contribution in [3.63, 3.8) is 0 Å². The monoisotopic (exact) mass is 266 g/mol. The van der Waals surface area contributed by atoms with E-state index in [1.807, 2.05) is 0 Å². The summed E-state index contributed by atoms with van der Waals surface area (Å²) < 4.78 is 5.93. The Hall–Kier alpha value is 1.75. The van der Waals surface area contributed by atoms with Gasteiger partial charge >= 0.3 is 51.4 Å². The molecule has 2 bridgehead atoms. The Bertz CT molecular complexity index is 271. The predicted molar refractivity (Wildman–Crippen MR) is 61.9 cm³/mol. The van der Waals surface area contributed by atoms with Crippen LogP contribution < -0.4 is 51.4 Å². The molecular formula is C11H15KOS2. The van der Waals surface area contributed by atoms with E-state index in [4.69, 9.17) is 29.6 Å². The van der Waals surface area contributed by atoms with Crippen LogP contribution in [-0.2, 0) is 17.4 Å². The molecule has 0 aromatic carbocycles. The average Bonchev–Trinajstić information content (AvgIpc) is 2.68. The standard InChI is InChI=1S/C11H16OS2.K/c13-11(14)12-10-5-6-4-9(10)8-3-1-2-7(6)8;/h6-10H,1-5H2,(H,13,14);/q;+1/p-1/t6-,7+,8+,9-,10?;/m1./s1. The van der Waals surface area contributed by atoms with Crippen molar-refractivity contribution in [3.05, 3.63) is 0 Å². The fourth-order valence-corrected chi connectivity index (χ4v) is 4.51. The molecule has 78 valence electrons. The van der Waals surface area contributed by atoms with Gasteiger partial charge in [-0.15, -0.1) is 0 Å². The molecule has 3 fully saturated rings. The molecule has 1 nitrogen and oxygen atoms in total. The predicted octanol–water partition coefficient (Wildman–Crippen LogP) is -0.336. The summed E-state index contributed by atoms with van der Waals surface area (Å²) >= 11 is 9.72. The first-order valence-corrected chi connectivity index (χ1v) is 6.45. The van der Waals surface area contributed by atoms with Gasteiger partial charge in [-0.2, -0.15) is 0 Å². The van der Waals surface area contributed by atoms with Gasteiger partial charge in [-0.1, -0.05) is 6.42 Å². The van der Waals surface area contributed by atoms with Crippen molar-refractivity contribution in [2.75, 3.05) is 0 Å². The van der Waals surface area contributed by atoms with Crippen LogP contribution in [-0.4, -0.2) is 10.5 Å². The van der Waals surface area contributed by atoms with Crippen LogP contribution in [0.5, 0.6) is 0 Å². The first-order valence-electron chi connectivity index (χ1n) is 5.63. The van der Waals surface area contributed by atoms with Gasteiger partial charge < -0.3 is 29.6 Å². The molecule has 0 spiro atoms. The van der Waals surface area contributed by atoms with Crippen molar-refractivity contribution in [2.45, 2.75) is 38.2 Å². The van der Waals surface area contributed by atoms with E-state index in [-0.39, 0.29) is 51.4 Å². The Morgan fingerprint density at radius 2 is 1.87 bits per heavy atom. The largest absolute Gasteiger partial charge is 1.00 e. The Morgan fingerprint density at radius 3 is 2.60 bits per heavy atom. The van der Waals surface area contributed by atoms with Crippen LogP contribution in [0, 0.1) is 23.7 Å². The quantitative estimate of drug-likeness (QED) is 0.365. The normalized spacial score (nSPS) is 46.0. The van der Waals surface area contributed by atoms with E-state index >= 15 is 0 Å². The summed E-state index contributed by atoms with van der Waals surface area (Å²) in [6.07, 6.45) is 7.32. The van der Waals surface area contributed by atoms with Gasteiger partial charge in [-0.3, -0.25) is 0 Å². The first kappa shape index (κ1) is 13.2. The summed E-state index contributed by atoms with van der Waals surface area (Å²) in [4.78, 5) is 0. The second kappa shape index (κ2) is 5.17. The van der Waals surface area contributed by atoms with Gasteiger partial charge in [-0.05, 0) is 49.4 Å². The number of fused-ring (bicyclic) bond motifs is 5. The molecule has 0 N–H and O–H groups in total. The molecule has 3 aliphatic rings. The maximum Gasteiger partial charge on any atom is 1.00 e. The summed E-state index contributed by atoms with van der Waals surface area (Å²) in [7, 11) is 0. The SMILES string of the molecule is S=C([S-])OC1C[C@H]2C[C@@H]1[C@H]1CCC[C@@H]21.[K+]. The fourth-order valence-electron chi connectivity index (χ4n) is 4.26. The first-order chi connectivity index (χ1) is 6.75. The summed E-state index contributed by atoms with van der Waals surface area (Å²) in [6.45, 7) is 0. The minimum Gasteiger partial charge on any atom is -0.510 e. The van der Waals surface area contributed by atoms with Crippen molar-refractivity contribution >= 4 is 29.2 Å². The summed E-state index contributed by atoms with van der Waals surface area (Å²) in [5, 5.41) is 0. The number of hydrogen-bond donors (Lipinski definition) is 0. The molecule has 3 saturated carbocycles. The molecule has 1 unspecified atom stereocenters. The van der Waals surface area contributed by atoms with Crippen LogP contribution in [0.25, 0.3) is 0 Å². The van der Waals surface area contributed by atoms with Crippen LogP contribution >= 0.6 is 12.2 Å². The zero-order valence-corrected chi connectivity index (χ0v) is 13.9. The van der Waals surface area contributed by atoms with E-state index in [2.05, 4.69) is 0 Å². The van der Waals surface area contributed by atoms with Gasteiger partial charge in [0, 0.05) is 4.38 Å². The van der Waals surface area contributed by atoms with Crippen LogP contribution in [0.4, 0.5) is 0 Å². The molecule has 0 aromatic rings. The van der Waals surface area contributed by atoms with E-state index in [1.165, 1.54) is 32.1 Å². The molecule has 0 amide bonds. The Labute approximate surface area is 145 Å².